The highest BCUT2D eigenvalue weighted by Gasteiger charge is 2.07. The van der Waals surface area contributed by atoms with Gasteiger partial charge in [-0.15, -0.1) is 0 Å². The number of nitrogen functional groups attached to an aromatic ring is 1. The van der Waals surface area contributed by atoms with Gasteiger partial charge in [-0.3, -0.25) is 0 Å². The number of benzene rings is 1. The Morgan fingerprint density at radius 1 is 1.15 bits per heavy atom. The maximum Gasteiger partial charge on any atom is 0.162 e. The van der Waals surface area contributed by atoms with Crippen LogP contribution in [0.5, 0.6) is 11.5 Å². The molecule has 0 heterocycles. The second-order valence-electron chi connectivity index (χ2n) is 2.61. The van der Waals surface area contributed by atoms with E-state index in [2.05, 4.69) is 0 Å². The lowest BCUT2D eigenvalue weighted by Gasteiger charge is -2.10. The molecule has 0 amide bonds. The molecule has 1 aromatic carbocycles. The SMILES string of the molecule is COc1cc(N)c(CN)cc1OC. The third kappa shape index (κ3) is 1.84. The maximum atomic E-state index is 5.72. The first kappa shape index (κ1) is 9.67. The van der Waals surface area contributed by atoms with Crippen molar-refractivity contribution in [2.45, 2.75) is 6.54 Å². The lowest BCUT2D eigenvalue weighted by molar-refractivity contribution is 0.355. The number of ether oxygens (including phenoxy) is 2. The number of anilines is 1. The fourth-order valence-corrected chi connectivity index (χ4v) is 1.11. The van der Waals surface area contributed by atoms with Gasteiger partial charge in [0, 0.05) is 18.3 Å². The molecule has 0 aliphatic heterocycles. The first-order valence-corrected chi connectivity index (χ1v) is 3.93. The molecule has 0 unspecified atom stereocenters. The smallest absolute Gasteiger partial charge is 0.162 e. The minimum Gasteiger partial charge on any atom is -0.493 e. The summed E-state index contributed by atoms with van der Waals surface area (Å²) in [4.78, 5) is 0. The van der Waals surface area contributed by atoms with Crippen molar-refractivity contribution in [3.8, 4) is 11.5 Å². The summed E-state index contributed by atoms with van der Waals surface area (Å²) in [5.41, 5.74) is 12.7. The van der Waals surface area contributed by atoms with Gasteiger partial charge in [-0.05, 0) is 11.6 Å². The van der Waals surface area contributed by atoms with Crippen LogP contribution in [0.2, 0.25) is 0 Å². The van der Waals surface area contributed by atoms with Crippen LogP contribution in [0.4, 0.5) is 5.69 Å². The Balaban J connectivity index is 3.18. The van der Waals surface area contributed by atoms with Gasteiger partial charge in [-0.2, -0.15) is 0 Å². The van der Waals surface area contributed by atoms with Gasteiger partial charge in [0.15, 0.2) is 11.5 Å². The summed E-state index contributed by atoms with van der Waals surface area (Å²) < 4.78 is 10.2. The molecule has 13 heavy (non-hydrogen) atoms. The molecule has 1 rings (SSSR count). The molecule has 72 valence electrons. The van der Waals surface area contributed by atoms with E-state index in [0.717, 1.165) is 5.56 Å². The van der Waals surface area contributed by atoms with Crippen molar-refractivity contribution >= 4 is 5.69 Å². The molecule has 4 nitrogen and oxygen atoms in total. The Kier molecular flexibility index (Phi) is 2.97. The van der Waals surface area contributed by atoms with Gasteiger partial charge in [0.2, 0.25) is 0 Å². The summed E-state index contributed by atoms with van der Waals surface area (Å²) in [6, 6.07) is 3.50. The highest BCUT2D eigenvalue weighted by Crippen LogP contribution is 2.31. The largest absolute Gasteiger partial charge is 0.493 e. The second-order valence-corrected chi connectivity index (χ2v) is 2.61. The van der Waals surface area contributed by atoms with E-state index in [0.29, 0.717) is 23.7 Å². The molecule has 4 N–H and O–H groups in total. The van der Waals surface area contributed by atoms with Crippen LogP contribution in [0.15, 0.2) is 12.1 Å². The lowest BCUT2D eigenvalue weighted by Crippen LogP contribution is -2.03. The number of hydrogen-bond acceptors (Lipinski definition) is 4. The fourth-order valence-electron chi connectivity index (χ4n) is 1.11. The quantitative estimate of drug-likeness (QED) is 0.676. The van der Waals surface area contributed by atoms with E-state index in [4.69, 9.17) is 20.9 Å². The summed E-state index contributed by atoms with van der Waals surface area (Å²) in [5.74, 6) is 1.27. The summed E-state index contributed by atoms with van der Waals surface area (Å²) in [6.07, 6.45) is 0. The molecule has 0 saturated heterocycles. The normalized spacial score (nSPS) is 9.77. The third-order valence-corrected chi connectivity index (χ3v) is 1.87. The van der Waals surface area contributed by atoms with Crippen molar-refractivity contribution in [3.63, 3.8) is 0 Å². The van der Waals surface area contributed by atoms with Crippen molar-refractivity contribution in [1.29, 1.82) is 0 Å². The second kappa shape index (κ2) is 4.00. The molecule has 0 bridgehead atoms. The maximum absolute atomic E-state index is 5.72. The molecule has 0 aliphatic carbocycles. The molecule has 0 aromatic heterocycles. The van der Waals surface area contributed by atoms with Crippen molar-refractivity contribution in [3.05, 3.63) is 17.7 Å². The van der Waals surface area contributed by atoms with Gasteiger partial charge in [0.05, 0.1) is 14.2 Å². The van der Waals surface area contributed by atoms with Crippen LogP contribution < -0.4 is 20.9 Å². The fraction of sp³-hybridized carbons (Fsp3) is 0.333. The van der Waals surface area contributed by atoms with Crippen LogP contribution in [-0.2, 0) is 6.54 Å². The van der Waals surface area contributed by atoms with Gasteiger partial charge in [0.1, 0.15) is 0 Å². The van der Waals surface area contributed by atoms with Crippen LogP contribution in [0, 0.1) is 0 Å². The minimum absolute atomic E-state index is 0.395. The van der Waals surface area contributed by atoms with Gasteiger partial charge in [-0.1, -0.05) is 0 Å². The Hall–Kier alpha value is -1.42. The molecular weight excluding hydrogens is 168 g/mol. The van der Waals surface area contributed by atoms with Gasteiger partial charge < -0.3 is 20.9 Å². The Labute approximate surface area is 77.4 Å². The molecule has 0 radical (unpaired) electrons. The summed E-state index contributed by atoms with van der Waals surface area (Å²) >= 11 is 0. The zero-order valence-electron chi connectivity index (χ0n) is 7.83. The van der Waals surface area contributed by atoms with Crippen LogP contribution in [0.3, 0.4) is 0 Å². The summed E-state index contributed by atoms with van der Waals surface area (Å²) in [5, 5.41) is 0. The van der Waals surface area contributed by atoms with Gasteiger partial charge in [0.25, 0.3) is 0 Å². The van der Waals surface area contributed by atoms with E-state index in [1.54, 1.807) is 26.4 Å². The van der Waals surface area contributed by atoms with E-state index in [-0.39, 0.29) is 0 Å². The molecule has 0 fully saturated rings. The number of hydrogen-bond donors (Lipinski definition) is 2. The predicted octanol–water partition coefficient (Wildman–Crippen LogP) is 0.745. The zero-order chi connectivity index (χ0) is 9.84. The Bertz CT molecular complexity index is 300. The van der Waals surface area contributed by atoms with Gasteiger partial charge >= 0.3 is 0 Å². The molecular formula is C9H14N2O2. The standard InChI is InChI=1S/C9H14N2O2/c1-12-8-3-6(5-10)7(11)4-9(8)13-2/h3-4H,5,10-11H2,1-2H3. The number of methoxy groups -OCH3 is 2. The average molecular weight is 182 g/mol. The molecule has 1 aromatic rings. The van der Waals surface area contributed by atoms with Gasteiger partial charge in [-0.25, -0.2) is 0 Å². The summed E-state index contributed by atoms with van der Waals surface area (Å²) in [7, 11) is 3.15. The molecule has 0 aliphatic rings. The summed E-state index contributed by atoms with van der Waals surface area (Å²) in [6.45, 7) is 0.395. The van der Waals surface area contributed by atoms with E-state index >= 15 is 0 Å². The molecule has 0 spiro atoms. The van der Waals surface area contributed by atoms with E-state index in [9.17, 15) is 0 Å². The number of rotatable bonds is 3. The molecule has 4 heteroatoms. The average Bonchev–Trinajstić information content (AvgIpc) is 2.17. The van der Waals surface area contributed by atoms with Crippen LogP contribution in [-0.4, -0.2) is 14.2 Å². The van der Waals surface area contributed by atoms with Crippen LogP contribution in [0.1, 0.15) is 5.56 Å². The number of nitrogens with two attached hydrogens (primary N) is 2. The van der Waals surface area contributed by atoms with Crippen molar-refractivity contribution in [2.24, 2.45) is 5.73 Å². The van der Waals surface area contributed by atoms with E-state index in [1.807, 2.05) is 0 Å². The highest BCUT2D eigenvalue weighted by atomic mass is 16.5. The zero-order valence-corrected chi connectivity index (χ0v) is 7.83. The van der Waals surface area contributed by atoms with E-state index in [1.165, 1.54) is 0 Å². The molecule has 0 atom stereocenters. The minimum atomic E-state index is 0.395. The first-order valence-electron chi connectivity index (χ1n) is 3.93. The van der Waals surface area contributed by atoms with Crippen molar-refractivity contribution in [1.82, 2.24) is 0 Å². The van der Waals surface area contributed by atoms with Crippen molar-refractivity contribution in [2.75, 3.05) is 20.0 Å². The predicted molar refractivity (Wildman–Crippen MR) is 51.8 cm³/mol. The monoisotopic (exact) mass is 182 g/mol. The van der Waals surface area contributed by atoms with Crippen LogP contribution >= 0.6 is 0 Å². The highest BCUT2D eigenvalue weighted by molar-refractivity contribution is 5.57. The lowest BCUT2D eigenvalue weighted by atomic mass is 10.1. The molecule has 0 saturated carbocycles. The Morgan fingerprint density at radius 3 is 2.15 bits per heavy atom. The van der Waals surface area contributed by atoms with Crippen LogP contribution in [0.25, 0.3) is 0 Å². The topological polar surface area (TPSA) is 70.5 Å². The first-order chi connectivity index (χ1) is 6.22. The Morgan fingerprint density at radius 2 is 1.69 bits per heavy atom. The van der Waals surface area contributed by atoms with E-state index < -0.39 is 0 Å². The third-order valence-electron chi connectivity index (χ3n) is 1.87. The van der Waals surface area contributed by atoms with Crippen molar-refractivity contribution < 1.29 is 9.47 Å².